The molecule has 0 saturated carbocycles. The second-order valence-electron chi connectivity index (χ2n) is 6.70. The van der Waals surface area contributed by atoms with E-state index in [9.17, 15) is 9.59 Å². The SMILES string of the molecule is CCOC(=O)C1=C(C)NC(=S)N[C@H]1c1ccccc1OCC(=O)NN=Cc1cccnc1. The first-order valence-electron chi connectivity index (χ1n) is 9.88. The van der Waals surface area contributed by atoms with Gasteiger partial charge < -0.3 is 20.1 Å². The number of carbonyl (C=O) groups excluding carboxylic acids is 2. The summed E-state index contributed by atoms with van der Waals surface area (Å²) in [5, 5.41) is 10.3. The number of esters is 1. The zero-order valence-electron chi connectivity index (χ0n) is 17.6. The number of carbonyl (C=O) groups is 2. The highest BCUT2D eigenvalue weighted by molar-refractivity contribution is 7.80. The Morgan fingerprint density at radius 3 is 2.84 bits per heavy atom. The van der Waals surface area contributed by atoms with Gasteiger partial charge in [-0.15, -0.1) is 0 Å². The molecule has 0 bridgehead atoms. The predicted octanol–water partition coefficient (Wildman–Crippen LogP) is 1.97. The zero-order valence-corrected chi connectivity index (χ0v) is 18.4. The minimum absolute atomic E-state index is 0.241. The van der Waals surface area contributed by atoms with E-state index in [4.69, 9.17) is 21.7 Å². The second-order valence-corrected chi connectivity index (χ2v) is 7.10. The van der Waals surface area contributed by atoms with Gasteiger partial charge in [0.05, 0.1) is 24.4 Å². The van der Waals surface area contributed by atoms with Crippen molar-refractivity contribution in [1.29, 1.82) is 0 Å². The van der Waals surface area contributed by atoms with Crippen LogP contribution in [-0.2, 0) is 14.3 Å². The highest BCUT2D eigenvalue weighted by Crippen LogP contribution is 2.33. The van der Waals surface area contributed by atoms with Gasteiger partial charge in [0, 0.05) is 29.2 Å². The number of hydrogen-bond donors (Lipinski definition) is 3. The van der Waals surface area contributed by atoms with Gasteiger partial charge in [-0.25, -0.2) is 10.2 Å². The van der Waals surface area contributed by atoms with Gasteiger partial charge in [0.1, 0.15) is 5.75 Å². The Hall–Kier alpha value is -3.79. The lowest BCUT2D eigenvalue weighted by Gasteiger charge is -2.30. The van der Waals surface area contributed by atoms with E-state index >= 15 is 0 Å². The quantitative estimate of drug-likeness (QED) is 0.241. The fraction of sp³-hybridized carbons (Fsp3) is 0.227. The summed E-state index contributed by atoms with van der Waals surface area (Å²) in [5.41, 5.74) is 4.78. The van der Waals surface area contributed by atoms with Crippen LogP contribution in [-0.4, -0.2) is 41.4 Å². The van der Waals surface area contributed by atoms with Crippen molar-refractivity contribution in [2.45, 2.75) is 19.9 Å². The topological polar surface area (TPSA) is 114 Å². The summed E-state index contributed by atoms with van der Waals surface area (Å²) in [6.45, 7) is 3.46. The van der Waals surface area contributed by atoms with Crippen LogP contribution >= 0.6 is 12.2 Å². The number of rotatable bonds is 8. The summed E-state index contributed by atoms with van der Waals surface area (Å²) in [4.78, 5) is 28.7. The Balaban J connectivity index is 1.73. The van der Waals surface area contributed by atoms with Gasteiger partial charge in [0.25, 0.3) is 5.91 Å². The lowest BCUT2D eigenvalue weighted by atomic mass is 9.95. The number of nitrogens with zero attached hydrogens (tertiary/aromatic N) is 2. The Morgan fingerprint density at radius 1 is 1.28 bits per heavy atom. The molecule has 1 aromatic heterocycles. The van der Waals surface area contributed by atoms with E-state index in [1.54, 1.807) is 50.5 Å². The Labute approximate surface area is 190 Å². The molecule has 0 fully saturated rings. The third kappa shape index (κ3) is 5.88. The van der Waals surface area contributed by atoms with Crippen LogP contribution < -0.4 is 20.8 Å². The van der Waals surface area contributed by atoms with Crippen LogP contribution in [0.15, 0.2) is 65.2 Å². The molecule has 3 N–H and O–H groups in total. The molecule has 0 saturated heterocycles. The largest absolute Gasteiger partial charge is 0.483 e. The maximum atomic E-state index is 12.6. The number of aromatic nitrogens is 1. The lowest BCUT2D eigenvalue weighted by Crippen LogP contribution is -2.45. The van der Waals surface area contributed by atoms with E-state index in [2.05, 4.69) is 26.1 Å². The maximum absolute atomic E-state index is 12.6. The van der Waals surface area contributed by atoms with Gasteiger partial charge >= 0.3 is 5.97 Å². The Bertz CT molecular complexity index is 1060. The normalized spacial score (nSPS) is 15.7. The van der Waals surface area contributed by atoms with Crippen LogP contribution in [0, 0.1) is 0 Å². The van der Waals surface area contributed by atoms with Crippen LogP contribution in [0.4, 0.5) is 0 Å². The molecule has 0 radical (unpaired) electrons. The first-order valence-corrected chi connectivity index (χ1v) is 10.3. The van der Waals surface area contributed by atoms with Crippen molar-refractivity contribution in [3.63, 3.8) is 0 Å². The summed E-state index contributed by atoms with van der Waals surface area (Å²) in [6, 6.07) is 10.1. The van der Waals surface area contributed by atoms with Crippen LogP contribution in [0.1, 0.15) is 31.0 Å². The van der Waals surface area contributed by atoms with Crippen molar-refractivity contribution in [3.8, 4) is 5.75 Å². The fourth-order valence-electron chi connectivity index (χ4n) is 3.06. The molecule has 1 atom stereocenters. The third-order valence-corrected chi connectivity index (χ3v) is 4.66. The van der Waals surface area contributed by atoms with Gasteiger partial charge in [-0.2, -0.15) is 5.10 Å². The molecular weight excluding hydrogens is 430 g/mol. The number of amides is 1. The third-order valence-electron chi connectivity index (χ3n) is 4.44. The predicted molar refractivity (Wildman–Crippen MR) is 123 cm³/mol. The molecule has 0 aliphatic carbocycles. The molecule has 2 aromatic rings. The summed E-state index contributed by atoms with van der Waals surface area (Å²) < 4.78 is 10.9. The molecule has 3 rings (SSSR count). The average Bonchev–Trinajstić information content (AvgIpc) is 2.78. The number of hydrogen-bond acceptors (Lipinski definition) is 7. The molecule has 2 heterocycles. The van der Waals surface area contributed by atoms with Gasteiger partial charge in [-0.05, 0) is 38.2 Å². The molecular formula is C22H23N5O4S. The number of ether oxygens (including phenoxy) is 2. The number of thiocarbonyl (C=S) groups is 1. The molecule has 9 nitrogen and oxygen atoms in total. The number of allylic oxidation sites excluding steroid dienone is 1. The standard InChI is InChI=1S/C22H23N5O4S/c1-3-30-21(29)19-14(2)25-22(32)26-20(19)16-8-4-5-9-17(16)31-13-18(28)27-24-12-15-7-6-10-23-11-15/h4-12,20H,3,13H2,1-2H3,(H,27,28)(H2,25,26,32)/t20-/m0/s1. The van der Waals surface area contributed by atoms with E-state index in [1.807, 2.05) is 12.1 Å². The summed E-state index contributed by atoms with van der Waals surface area (Å²) in [6.07, 6.45) is 4.75. The van der Waals surface area contributed by atoms with Crippen molar-refractivity contribution in [3.05, 3.63) is 71.2 Å². The molecule has 0 unspecified atom stereocenters. The Morgan fingerprint density at radius 2 is 2.09 bits per heavy atom. The van der Waals surface area contributed by atoms with Crippen molar-refractivity contribution in [1.82, 2.24) is 21.0 Å². The smallest absolute Gasteiger partial charge is 0.338 e. The monoisotopic (exact) mass is 453 g/mol. The van der Waals surface area contributed by atoms with Crippen LogP contribution in [0.3, 0.4) is 0 Å². The fourth-order valence-corrected chi connectivity index (χ4v) is 3.33. The summed E-state index contributed by atoms with van der Waals surface area (Å²) >= 11 is 5.27. The number of hydrazone groups is 1. The van der Waals surface area contributed by atoms with E-state index in [0.29, 0.717) is 27.7 Å². The molecule has 1 aliphatic heterocycles. The van der Waals surface area contributed by atoms with E-state index < -0.39 is 17.9 Å². The minimum atomic E-state index is -0.592. The van der Waals surface area contributed by atoms with Crippen LogP contribution in [0.2, 0.25) is 0 Å². The van der Waals surface area contributed by atoms with Crippen LogP contribution in [0.5, 0.6) is 5.75 Å². The molecule has 10 heteroatoms. The van der Waals surface area contributed by atoms with Crippen molar-refractivity contribution in [2.24, 2.45) is 5.10 Å². The minimum Gasteiger partial charge on any atom is -0.483 e. The first-order chi connectivity index (χ1) is 15.5. The molecule has 166 valence electrons. The number of pyridine rings is 1. The van der Waals surface area contributed by atoms with Gasteiger partial charge in [-0.3, -0.25) is 9.78 Å². The molecule has 1 amide bonds. The van der Waals surface area contributed by atoms with E-state index in [-0.39, 0.29) is 13.2 Å². The van der Waals surface area contributed by atoms with Crippen molar-refractivity contribution < 1.29 is 19.1 Å². The number of nitrogens with one attached hydrogen (secondary N) is 3. The van der Waals surface area contributed by atoms with Gasteiger partial charge in [0.2, 0.25) is 0 Å². The summed E-state index contributed by atoms with van der Waals surface area (Å²) in [5.74, 6) is -0.475. The molecule has 1 aromatic carbocycles. The van der Waals surface area contributed by atoms with Gasteiger partial charge in [-0.1, -0.05) is 24.3 Å². The van der Waals surface area contributed by atoms with Crippen LogP contribution in [0.25, 0.3) is 0 Å². The molecule has 32 heavy (non-hydrogen) atoms. The average molecular weight is 454 g/mol. The second kappa shape index (κ2) is 11.0. The van der Waals surface area contributed by atoms with Crippen molar-refractivity contribution in [2.75, 3.05) is 13.2 Å². The highest BCUT2D eigenvalue weighted by atomic mass is 32.1. The first kappa shape index (κ1) is 22.9. The summed E-state index contributed by atoms with van der Waals surface area (Å²) in [7, 11) is 0. The maximum Gasteiger partial charge on any atom is 0.338 e. The van der Waals surface area contributed by atoms with E-state index in [0.717, 1.165) is 5.56 Å². The molecule has 0 spiro atoms. The number of benzene rings is 1. The zero-order chi connectivity index (χ0) is 22.9. The molecule has 1 aliphatic rings. The highest BCUT2D eigenvalue weighted by Gasteiger charge is 2.32. The lowest BCUT2D eigenvalue weighted by molar-refractivity contribution is -0.139. The van der Waals surface area contributed by atoms with Gasteiger partial charge in [0.15, 0.2) is 11.7 Å². The van der Waals surface area contributed by atoms with Crippen molar-refractivity contribution >= 4 is 35.4 Å². The van der Waals surface area contributed by atoms with E-state index in [1.165, 1.54) is 6.21 Å². The Kier molecular flexibility index (Phi) is 7.87. The number of para-hydroxylation sites is 1.